The minimum absolute atomic E-state index is 0.104. The van der Waals surface area contributed by atoms with Crippen LogP contribution in [0.5, 0.6) is 5.75 Å². The number of aryl methyl sites for hydroxylation is 1. The van der Waals surface area contributed by atoms with Crippen molar-refractivity contribution >= 4 is 23.6 Å². The number of hydrogen-bond donors (Lipinski definition) is 2. The van der Waals surface area contributed by atoms with E-state index >= 15 is 0 Å². The van der Waals surface area contributed by atoms with Crippen molar-refractivity contribution in [2.75, 3.05) is 13.7 Å². The summed E-state index contributed by atoms with van der Waals surface area (Å²) in [4.78, 5) is 23.9. The molecule has 6 nitrogen and oxygen atoms in total. The molecule has 2 amide bonds. The number of amides is 2. The van der Waals surface area contributed by atoms with Crippen LogP contribution >= 0.6 is 11.6 Å². The molecule has 0 heterocycles. The number of hydrogen-bond acceptors (Lipinski definition) is 4. The Hall–Kier alpha value is -1.95. The van der Waals surface area contributed by atoms with Gasteiger partial charge in [0.25, 0.3) is 0 Å². The third-order valence-corrected chi connectivity index (χ3v) is 3.70. The first-order chi connectivity index (χ1) is 11.9. The van der Waals surface area contributed by atoms with Crippen molar-refractivity contribution < 1.29 is 19.1 Å². The van der Waals surface area contributed by atoms with E-state index < -0.39 is 17.2 Å². The van der Waals surface area contributed by atoms with Crippen LogP contribution in [0.25, 0.3) is 0 Å². The van der Waals surface area contributed by atoms with Crippen LogP contribution in [0.3, 0.4) is 0 Å². The first kappa shape index (κ1) is 22.1. The molecule has 0 atom stereocenters. The van der Waals surface area contributed by atoms with Crippen molar-refractivity contribution in [3.63, 3.8) is 0 Å². The Kier molecular flexibility index (Phi) is 7.75. The molecular weight excluding hydrogens is 356 g/mol. The zero-order chi connectivity index (χ0) is 20.0. The highest BCUT2D eigenvalue weighted by Crippen LogP contribution is 2.25. The topological polar surface area (TPSA) is 76.7 Å². The summed E-state index contributed by atoms with van der Waals surface area (Å²) in [5.41, 5.74) is -0.196. The van der Waals surface area contributed by atoms with E-state index in [2.05, 4.69) is 10.6 Å². The van der Waals surface area contributed by atoms with Gasteiger partial charge < -0.3 is 20.1 Å². The third-order valence-electron chi connectivity index (χ3n) is 3.41. The van der Waals surface area contributed by atoms with Crippen molar-refractivity contribution in [1.29, 1.82) is 0 Å². The van der Waals surface area contributed by atoms with Gasteiger partial charge in [-0.05, 0) is 58.7 Å². The standard InChI is InChI=1S/C19H29ClN2O4/c1-18(2,3)26-17(24)21-12-19(4,5)22-16(23)10-8-13-7-9-15(25-6)14(20)11-13/h7,9,11H,8,10,12H2,1-6H3,(H,21,24)(H,22,23). The SMILES string of the molecule is COc1ccc(CCC(=O)NC(C)(C)CNC(=O)OC(C)(C)C)cc1Cl. The predicted octanol–water partition coefficient (Wildman–Crippen LogP) is 3.70. The van der Waals surface area contributed by atoms with E-state index in [0.717, 1.165) is 5.56 Å². The van der Waals surface area contributed by atoms with Crippen LogP contribution in [-0.4, -0.2) is 36.8 Å². The van der Waals surface area contributed by atoms with Crippen LogP contribution in [0.1, 0.15) is 46.6 Å². The molecule has 0 saturated carbocycles. The Bertz CT molecular complexity index is 639. The summed E-state index contributed by atoms with van der Waals surface area (Å²) >= 11 is 6.09. The van der Waals surface area contributed by atoms with Gasteiger partial charge in [-0.3, -0.25) is 4.79 Å². The lowest BCUT2D eigenvalue weighted by atomic mass is 10.0. The maximum absolute atomic E-state index is 12.2. The molecule has 1 aromatic rings. The smallest absolute Gasteiger partial charge is 0.407 e. The van der Waals surface area contributed by atoms with Gasteiger partial charge in [0, 0.05) is 13.0 Å². The molecule has 1 aromatic carbocycles. The van der Waals surface area contributed by atoms with E-state index in [4.69, 9.17) is 21.1 Å². The highest BCUT2D eigenvalue weighted by Gasteiger charge is 2.23. The fraction of sp³-hybridized carbons (Fsp3) is 0.579. The van der Waals surface area contributed by atoms with E-state index in [1.54, 1.807) is 40.0 Å². The summed E-state index contributed by atoms with van der Waals surface area (Å²) in [6.07, 6.45) is 0.372. The lowest BCUT2D eigenvalue weighted by Gasteiger charge is -2.28. The number of benzene rings is 1. The molecule has 0 aliphatic rings. The number of halogens is 1. The second-order valence-electron chi connectivity index (χ2n) is 7.76. The quantitative estimate of drug-likeness (QED) is 0.751. The first-order valence-corrected chi connectivity index (χ1v) is 8.90. The van der Waals surface area contributed by atoms with Crippen molar-refractivity contribution in [3.8, 4) is 5.75 Å². The molecule has 0 bridgehead atoms. The molecule has 26 heavy (non-hydrogen) atoms. The van der Waals surface area contributed by atoms with Gasteiger partial charge in [0.15, 0.2) is 0 Å². The molecular formula is C19H29ClN2O4. The van der Waals surface area contributed by atoms with E-state index in [-0.39, 0.29) is 12.5 Å². The van der Waals surface area contributed by atoms with Gasteiger partial charge in [-0.2, -0.15) is 0 Å². The fourth-order valence-corrected chi connectivity index (χ4v) is 2.49. The van der Waals surface area contributed by atoms with Gasteiger partial charge in [0.2, 0.25) is 5.91 Å². The number of alkyl carbamates (subject to hydrolysis) is 1. The maximum atomic E-state index is 12.2. The predicted molar refractivity (Wildman–Crippen MR) is 103 cm³/mol. The lowest BCUT2D eigenvalue weighted by molar-refractivity contribution is -0.122. The fourth-order valence-electron chi connectivity index (χ4n) is 2.21. The monoisotopic (exact) mass is 384 g/mol. The van der Waals surface area contributed by atoms with Gasteiger partial charge in [-0.15, -0.1) is 0 Å². The highest BCUT2D eigenvalue weighted by atomic mass is 35.5. The van der Waals surface area contributed by atoms with Crippen LogP contribution in [-0.2, 0) is 16.0 Å². The van der Waals surface area contributed by atoms with Crippen LogP contribution in [0.2, 0.25) is 5.02 Å². The number of carbonyl (C=O) groups excluding carboxylic acids is 2. The Balaban J connectivity index is 2.45. The third kappa shape index (κ3) is 8.43. The average molecular weight is 385 g/mol. The summed E-state index contributed by atoms with van der Waals surface area (Å²) in [6.45, 7) is 9.34. The molecule has 7 heteroatoms. The number of methoxy groups -OCH3 is 1. The Morgan fingerprint density at radius 2 is 1.81 bits per heavy atom. The zero-order valence-corrected chi connectivity index (χ0v) is 17.1. The van der Waals surface area contributed by atoms with Crippen molar-refractivity contribution in [2.45, 2.75) is 58.6 Å². The molecule has 0 aliphatic heterocycles. The van der Waals surface area contributed by atoms with Crippen molar-refractivity contribution in [1.82, 2.24) is 10.6 Å². The van der Waals surface area contributed by atoms with Crippen LogP contribution in [0.4, 0.5) is 4.79 Å². The Labute approximate surface area is 160 Å². The normalized spacial score (nSPS) is 11.7. The largest absolute Gasteiger partial charge is 0.495 e. The zero-order valence-electron chi connectivity index (χ0n) is 16.4. The summed E-state index contributed by atoms with van der Waals surface area (Å²) in [5.74, 6) is 0.502. The van der Waals surface area contributed by atoms with Crippen molar-refractivity contribution in [3.05, 3.63) is 28.8 Å². The van der Waals surface area contributed by atoms with Crippen molar-refractivity contribution in [2.24, 2.45) is 0 Å². The van der Waals surface area contributed by atoms with Crippen LogP contribution < -0.4 is 15.4 Å². The van der Waals surface area contributed by atoms with Gasteiger partial charge in [0.05, 0.1) is 17.7 Å². The Morgan fingerprint density at radius 3 is 2.35 bits per heavy atom. The summed E-state index contributed by atoms with van der Waals surface area (Å²) in [5, 5.41) is 6.11. The first-order valence-electron chi connectivity index (χ1n) is 8.52. The minimum Gasteiger partial charge on any atom is -0.495 e. The number of nitrogens with one attached hydrogen (secondary N) is 2. The summed E-state index contributed by atoms with van der Waals surface area (Å²) in [7, 11) is 1.56. The molecule has 0 aromatic heterocycles. The van der Waals surface area contributed by atoms with Gasteiger partial charge in [-0.25, -0.2) is 4.79 Å². The summed E-state index contributed by atoms with van der Waals surface area (Å²) < 4.78 is 10.3. The van der Waals surface area contributed by atoms with Crippen LogP contribution in [0, 0.1) is 0 Å². The molecule has 0 spiro atoms. The van der Waals surface area contributed by atoms with Gasteiger partial charge >= 0.3 is 6.09 Å². The molecule has 1 rings (SSSR count). The second-order valence-corrected chi connectivity index (χ2v) is 8.16. The molecule has 0 aliphatic carbocycles. The minimum atomic E-state index is -0.592. The van der Waals surface area contributed by atoms with E-state index in [1.807, 2.05) is 19.9 Å². The van der Waals surface area contributed by atoms with Crippen LogP contribution in [0.15, 0.2) is 18.2 Å². The van der Waals surface area contributed by atoms with E-state index in [9.17, 15) is 9.59 Å². The maximum Gasteiger partial charge on any atom is 0.407 e. The number of ether oxygens (including phenoxy) is 2. The molecule has 146 valence electrons. The van der Waals surface area contributed by atoms with Gasteiger partial charge in [0.1, 0.15) is 11.4 Å². The van der Waals surface area contributed by atoms with Gasteiger partial charge in [-0.1, -0.05) is 17.7 Å². The van der Waals surface area contributed by atoms with E-state index in [1.165, 1.54) is 0 Å². The molecule has 0 saturated heterocycles. The second kappa shape index (κ2) is 9.12. The van der Waals surface area contributed by atoms with E-state index in [0.29, 0.717) is 23.6 Å². The molecule has 0 fully saturated rings. The molecule has 0 unspecified atom stereocenters. The number of rotatable bonds is 7. The molecule has 0 radical (unpaired) electrons. The highest BCUT2D eigenvalue weighted by molar-refractivity contribution is 6.32. The summed E-state index contributed by atoms with van der Waals surface area (Å²) in [6, 6.07) is 5.46. The molecule has 2 N–H and O–H groups in total. The lowest BCUT2D eigenvalue weighted by Crippen LogP contribution is -2.52. The average Bonchev–Trinajstić information content (AvgIpc) is 2.49. The Morgan fingerprint density at radius 1 is 1.15 bits per heavy atom. The number of carbonyl (C=O) groups is 2.